The highest BCUT2D eigenvalue weighted by Crippen LogP contribution is 2.35. The zero-order valence-electron chi connectivity index (χ0n) is 13.8. The van der Waals surface area contributed by atoms with Crippen LogP contribution in [0.4, 0.5) is 0 Å². The first kappa shape index (κ1) is 15.7. The van der Waals surface area contributed by atoms with Gasteiger partial charge in [-0.05, 0) is 36.1 Å². The maximum atomic E-state index is 12.7. The molecule has 124 valence electrons. The molecule has 25 heavy (non-hydrogen) atoms. The minimum atomic E-state index is -0.125. The largest absolute Gasteiger partial charge is 0.487 e. The molecule has 0 spiro atoms. The quantitative estimate of drug-likeness (QED) is 0.555. The summed E-state index contributed by atoms with van der Waals surface area (Å²) in [7, 11) is 0. The number of aromatic amines is 1. The lowest BCUT2D eigenvalue weighted by Crippen LogP contribution is -2.11. The third-order valence-electron chi connectivity index (χ3n) is 4.11. The third-order valence-corrected chi connectivity index (χ3v) is 4.99. The van der Waals surface area contributed by atoms with Crippen LogP contribution in [0.25, 0.3) is 21.3 Å². The Morgan fingerprint density at radius 3 is 2.72 bits per heavy atom. The summed E-state index contributed by atoms with van der Waals surface area (Å²) in [6.07, 6.45) is 0. The number of ether oxygens (including phenoxy) is 1. The van der Waals surface area contributed by atoms with Crippen molar-refractivity contribution >= 4 is 22.2 Å². The van der Waals surface area contributed by atoms with E-state index >= 15 is 0 Å². The summed E-state index contributed by atoms with van der Waals surface area (Å²) in [5, 5.41) is 2.88. The number of hydrogen-bond acceptors (Lipinski definition) is 3. The first-order valence-electron chi connectivity index (χ1n) is 8.09. The van der Waals surface area contributed by atoms with Crippen LogP contribution in [0.5, 0.6) is 5.75 Å². The highest BCUT2D eigenvalue weighted by Gasteiger charge is 2.16. The van der Waals surface area contributed by atoms with Crippen molar-refractivity contribution in [2.45, 2.75) is 13.5 Å². The van der Waals surface area contributed by atoms with Crippen molar-refractivity contribution < 1.29 is 4.74 Å². The standard InChI is InChI=1S/C21H17NO2S/c1-14-6-4-7-15(12-14)13-24-20-16-8-2-3-9-17(16)22-21(23)19(20)18-10-5-11-25-18/h2-12H,13H2,1H3,(H,22,23). The number of benzene rings is 2. The third kappa shape index (κ3) is 3.08. The summed E-state index contributed by atoms with van der Waals surface area (Å²) in [6.45, 7) is 2.48. The molecule has 0 atom stereocenters. The number of para-hydroxylation sites is 1. The van der Waals surface area contributed by atoms with Crippen molar-refractivity contribution in [1.29, 1.82) is 0 Å². The van der Waals surface area contributed by atoms with E-state index in [4.69, 9.17) is 4.74 Å². The van der Waals surface area contributed by atoms with Crippen LogP contribution in [0, 0.1) is 6.92 Å². The number of hydrogen-bond donors (Lipinski definition) is 1. The van der Waals surface area contributed by atoms with Crippen LogP contribution in [0.2, 0.25) is 0 Å². The van der Waals surface area contributed by atoms with Crippen LogP contribution in [0.1, 0.15) is 11.1 Å². The molecule has 0 aliphatic heterocycles. The molecule has 0 amide bonds. The van der Waals surface area contributed by atoms with E-state index in [1.165, 1.54) is 16.9 Å². The molecule has 0 aliphatic carbocycles. The molecule has 4 aromatic rings. The summed E-state index contributed by atoms with van der Waals surface area (Å²) in [6, 6.07) is 19.8. The monoisotopic (exact) mass is 347 g/mol. The Bertz CT molecular complexity index is 1080. The van der Waals surface area contributed by atoms with E-state index in [-0.39, 0.29) is 5.56 Å². The molecule has 0 saturated carbocycles. The Morgan fingerprint density at radius 2 is 1.92 bits per heavy atom. The Hall–Kier alpha value is -2.85. The minimum absolute atomic E-state index is 0.125. The first-order valence-corrected chi connectivity index (χ1v) is 8.97. The number of aromatic nitrogens is 1. The Balaban J connectivity index is 1.85. The van der Waals surface area contributed by atoms with Crippen molar-refractivity contribution in [2.75, 3.05) is 0 Å². The van der Waals surface area contributed by atoms with E-state index in [1.54, 1.807) is 0 Å². The van der Waals surface area contributed by atoms with Gasteiger partial charge in [-0.15, -0.1) is 11.3 Å². The van der Waals surface area contributed by atoms with Gasteiger partial charge < -0.3 is 9.72 Å². The molecule has 0 radical (unpaired) electrons. The lowest BCUT2D eigenvalue weighted by molar-refractivity contribution is 0.311. The SMILES string of the molecule is Cc1cccc(COc2c(-c3cccs3)c(=O)[nH]c3ccccc23)c1. The molecule has 1 N–H and O–H groups in total. The van der Waals surface area contributed by atoms with E-state index in [1.807, 2.05) is 53.9 Å². The molecule has 2 aromatic carbocycles. The molecular formula is C21H17NO2S. The van der Waals surface area contributed by atoms with Gasteiger partial charge in [-0.3, -0.25) is 4.79 Å². The topological polar surface area (TPSA) is 42.1 Å². The average molecular weight is 347 g/mol. The zero-order valence-corrected chi connectivity index (χ0v) is 14.6. The van der Waals surface area contributed by atoms with E-state index in [9.17, 15) is 4.79 Å². The molecule has 2 heterocycles. The second kappa shape index (κ2) is 6.57. The van der Waals surface area contributed by atoms with Crippen molar-refractivity contribution in [3.63, 3.8) is 0 Å². The molecule has 2 aromatic heterocycles. The molecular weight excluding hydrogens is 330 g/mol. The lowest BCUT2D eigenvalue weighted by atomic mass is 10.1. The fraction of sp³-hybridized carbons (Fsp3) is 0.0952. The molecule has 0 aliphatic rings. The zero-order chi connectivity index (χ0) is 17.2. The summed E-state index contributed by atoms with van der Waals surface area (Å²) < 4.78 is 6.18. The molecule has 4 rings (SSSR count). The fourth-order valence-corrected chi connectivity index (χ4v) is 3.73. The summed E-state index contributed by atoms with van der Waals surface area (Å²) in [5.41, 5.74) is 3.53. The first-order chi connectivity index (χ1) is 12.2. The summed E-state index contributed by atoms with van der Waals surface area (Å²) in [4.78, 5) is 16.6. The molecule has 0 fully saturated rings. The van der Waals surface area contributed by atoms with Gasteiger partial charge in [0.25, 0.3) is 5.56 Å². The van der Waals surface area contributed by atoms with E-state index in [2.05, 4.69) is 24.0 Å². The van der Waals surface area contributed by atoms with Crippen molar-refractivity contribution in [3.8, 4) is 16.2 Å². The molecule has 4 heteroatoms. The Labute approximate surface area is 149 Å². The fourth-order valence-electron chi connectivity index (χ4n) is 2.96. The van der Waals surface area contributed by atoms with E-state index in [0.717, 1.165) is 21.3 Å². The second-order valence-electron chi connectivity index (χ2n) is 5.96. The predicted molar refractivity (Wildman–Crippen MR) is 103 cm³/mol. The summed E-state index contributed by atoms with van der Waals surface area (Å²) in [5.74, 6) is 0.642. The molecule has 0 unspecified atom stereocenters. The number of thiophene rings is 1. The average Bonchev–Trinajstić information content (AvgIpc) is 3.13. The van der Waals surface area contributed by atoms with Crippen LogP contribution in [0.15, 0.2) is 70.8 Å². The molecule has 3 nitrogen and oxygen atoms in total. The number of rotatable bonds is 4. The van der Waals surface area contributed by atoms with Crippen LogP contribution in [-0.2, 0) is 6.61 Å². The molecule has 0 saturated heterocycles. The van der Waals surface area contributed by atoms with Gasteiger partial charge in [0, 0.05) is 10.3 Å². The number of fused-ring (bicyclic) bond motifs is 1. The number of nitrogens with one attached hydrogen (secondary N) is 1. The second-order valence-corrected chi connectivity index (χ2v) is 6.91. The maximum Gasteiger partial charge on any atom is 0.260 e. The van der Waals surface area contributed by atoms with Gasteiger partial charge in [0.1, 0.15) is 12.4 Å². The van der Waals surface area contributed by atoms with Gasteiger partial charge in [0.05, 0.1) is 11.1 Å². The normalized spacial score (nSPS) is 10.9. The number of pyridine rings is 1. The van der Waals surface area contributed by atoms with Crippen LogP contribution in [0.3, 0.4) is 0 Å². The smallest absolute Gasteiger partial charge is 0.260 e. The Morgan fingerprint density at radius 1 is 1.04 bits per heavy atom. The van der Waals surface area contributed by atoms with Crippen molar-refractivity contribution in [2.24, 2.45) is 0 Å². The van der Waals surface area contributed by atoms with Gasteiger partial charge in [-0.1, -0.05) is 48.0 Å². The van der Waals surface area contributed by atoms with E-state index in [0.29, 0.717) is 17.9 Å². The number of aryl methyl sites for hydroxylation is 1. The van der Waals surface area contributed by atoms with Crippen molar-refractivity contribution in [3.05, 3.63) is 87.5 Å². The predicted octanol–water partition coefficient (Wildman–Crippen LogP) is 5.14. The van der Waals surface area contributed by atoms with Gasteiger partial charge in [0.2, 0.25) is 0 Å². The van der Waals surface area contributed by atoms with Crippen LogP contribution >= 0.6 is 11.3 Å². The lowest BCUT2D eigenvalue weighted by Gasteiger charge is -2.13. The van der Waals surface area contributed by atoms with Gasteiger partial charge in [-0.2, -0.15) is 0 Å². The maximum absolute atomic E-state index is 12.7. The van der Waals surface area contributed by atoms with Gasteiger partial charge in [0.15, 0.2) is 0 Å². The number of H-pyrrole nitrogens is 1. The highest BCUT2D eigenvalue weighted by molar-refractivity contribution is 7.13. The minimum Gasteiger partial charge on any atom is -0.487 e. The van der Waals surface area contributed by atoms with Gasteiger partial charge in [-0.25, -0.2) is 0 Å². The molecule has 0 bridgehead atoms. The van der Waals surface area contributed by atoms with Crippen molar-refractivity contribution in [1.82, 2.24) is 4.98 Å². The van der Waals surface area contributed by atoms with E-state index < -0.39 is 0 Å². The van der Waals surface area contributed by atoms with Crippen LogP contribution < -0.4 is 10.3 Å². The highest BCUT2D eigenvalue weighted by atomic mass is 32.1. The van der Waals surface area contributed by atoms with Crippen LogP contribution in [-0.4, -0.2) is 4.98 Å². The summed E-state index contributed by atoms with van der Waals surface area (Å²) >= 11 is 1.54. The van der Waals surface area contributed by atoms with Gasteiger partial charge >= 0.3 is 0 Å². The Kier molecular flexibility index (Phi) is 4.12.